The topological polar surface area (TPSA) is 65.0 Å². The Bertz CT molecular complexity index is 148. The quantitative estimate of drug-likeness (QED) is 0.495. The van der Waals surface area contributed by atoms with Crippen molar-refractivity contribution in [2.24, 2.45) is 0 Å². The van der Waals surface area contributed by atoms with E-state index in [-0.39, 0.29) is 19.2 Å². The van der Waals surface area contributed by atoms with Crippen LogP contribution in [0, 0.1) is 0 Å². The molecule has 0 heterocycles. The van der Waals surface area contributed by atoms with Crippen molar-refractivity contribution in [1.29, 1.82) is 0 Å². The molecule has 5 heteroatoms. The maximum Gasteiger partial charge on any atom is 0.305 e. The molecule has 0 atom stereocenters. The molecule has 0 saturated heterocycles. The smallest absolute Gasteiger partial charge is 0.305 e. The van der Waals surface area contributed by atoms with E-state index in [0.29, 0.717) is 19.6 Å². The van der Waals surface area contributed by atoms with Gasteiger partial charge in [0, 0.05) is 19.6 Å². The molecule has 5 nitrogen and oxygen atoms in total. The first-order valence-corrected chi connectivity index (χ1v) is 6.14. The van der Waals surface area contributed by atoms with Crippen LogP contribution in [-0.2, 0) is 19.0 Å². The van der Waals surface area contributed by atoms with Crippen LogP contribution in [0.4, 0.5) is 0 Å². The maximum atomic E-state index is 10.7. The van der Waals surface area contributed by atoms with Gasteiger partial charge >= 0.3 is 5.97 Å². The first-order valence-electron chi connectivity index (χ1n) is 6.14. The zero-order valence-electron chi connectivity index (χ0n) is 11.2. The van der Waals surface area contributed by atoms with Crippen molar-refractivity contribution in [1.82, 2.24) is 0 Å². The number of aliphatic hydroxyl groups excluding tert-OH is 1. The fourth-order valence-electron chi connectivity index (χ4n) is 0.861. The van der Waals surface area contributed by atoms with Crippen LogP contribution >= 0.6 is 0 Å². The van der Waals surface area contributed by atoms with Crippen molar-refractivity contribution < 1.29 is 24.1 Å². The molecule has 0 aromatic carbocycles. The van der Waals surface area contributed by atoms with E-state index in [9.17, 15) is 4.79 Å². The van der Waals surface area contributed by atoms with Gasteiger partial charge in [-0.25, -0.2) is 0 Å². The van der Waals surface area contributed by atoms with Gasteiger partial charge in [0.2, 0.25) is 0 Å². The molecule has 0 bridgehead atoms. The van der Waals surface area contributed by atoms with E-state index in [1.54, 1.807) is 0 Å². The summed E-state index contributed by atoms with van der Waals surface area (Å²) >= 11 is 0. The van der Waals surface area contributed by atoms with E-state index in [0.717, 1.165) is 19.6 Å². The number of rotatable bonds is 9. The summed E-state index contributed by atoms with van der Waals surface area (Å²) < 4.78 is 14.5. The summed E-state index contributed by atoms with van der Waals surface area (Å²) in [5, 5.41) is 8.33. The van der Waals surface area contributed by atoms with Gasteiger partial charge in [0.05, 0.1) is 19.8 Å². The number of carbonyl (C=O) groups is 1. The predicted octanol–water partition coefficient (Wildman–Crippen LogP) is 1.38. The van der Waals surface area contributed by atoms with Gasteiger partial charge in [0.15, 0.2) is 0 Å². The average Bonchev–Trinajstić information content (AvgIpc) is 2.31. The second-order valence-corrected chi connectivity index (χ2v) is 3.09. The van der Waals surface area contributed by atoms with Gasteiger partial charge < -0.3 is 19.3 Å². The molecule has 0 rings (SSSR count). The Morgan fingerprint density at radius 1 is 1.00 bits per heavy atom. The zero-order valence-corrected chi connectivity index (χ0v) is 11.2. The van der Waals surface area contributed by atoms with Crippen LogP contribution < -0.4 is 0 Å². The Morgan fingerprint density at radius 2 is 1.65 bits per heavy atom. The van der Waals surface area contributed by atoms with E-state index in [1.165, 1.54) is 0 Å². The molecule has 0 fully saturated rings. The average molecular weight is 250 g/mol. The van der Waals surface area contributed by atoms with Crippen molar-refractivity contribution in [3.63, 3.8) is 0 Å². The number of ether oxygens (including phenoxy) is 3. The lowest BCUT2D eigenvalue weighted by Gasteiger charge is -2.03. The fourth-order valence-corrected chi connectivity index (χ4v) is 0.861. The molecule has 0 radical (unpaired) electrons. The standard InChI is InChI=1S/C8H16O4.C4H10O/c1-2-3-8(10)12-7-6-11-5-4-9;1-3-5-4-2/h9H,2-7H2,1H3;3-4H2,1-2H3. The summed E-state index contributed by atoms with van der Waals surface area (Å²) in [6.45, 7) is 8.52. The summed E-state index contributed by atoms with van der Waals surface area (Å²) in [5.41, 5.74) is 0. The van der Waals surface area contributed by atoms with E-state index < -0.39 is 0 Å². The van der Waals surface area contributed by atoms with Crippen LogP contribution in [0.1, 0.15) is 33.6 Å². The second kappa shape index (κ2) is 17.7. The molecule has 17 heavy (non-hydrogen) atoms. The molecule has 0 spiro atoms. The largest absolute Gasteiger partial charge is 0.463 e. The lowest BCUT2D eigenvalue weighted by atomic mass is 10.3. The van der Waals surface area contributed by atoms with Crippen LogP contribution in [-0.4, -0.2) is 50.7 Å². The first-order chi connectivity index (χ1) is 8.22. The normalized spacial score (nSPS) is 9.41. The second-order valence-electron chi connectivity index (χ2n) is 3.09. The Labute approximate surface area is 104 Å². The zero-order chi connectivity index (χ0) is 13.4. The van der Waals surface area contributed by atoms with Crippen molar-refractivity contribution >= 4 is 5.97 Å². The van der Waals surface area contributed by atoms with E-state index in [2.05, 4.69) is 0 Å². The molecule has 0 amide bonds. The highest BCUT2D eigenvalue weighted by molar-refractivity contribution is 5.69. The number of esters is 1. The van der Waals surface area contributed by atoms with Gasteiger partial charge in [-0.05, 0) is 20.3 Å². The Balaban J connectivity index is 0. The van der Waals surface area contributed by atoms with Gasteiger partial charge in [-0.2, -0.15) is 0 Å². The van der Waals surface area contributed by atoms with Crippen LogP contribution in [0.5, 0.6) is 0 Å². The molecule has 0 aliphatic carbocycles. The third kappa shape index (κ3) is 21.2. The molecule has 0 saturated carbocycles. The van der Waals surface area contributed by atoms with Crippen LogP contribution in [0.2, 0.25) is 0 Å². The van der Waals surface area contributed by atoms with Gasteiger partial charge in [-0.1, -0.05) is 6.92 Å². The summed E-state index contributed by atoms with van der Waals surface area (Å²) in [7, 11) is 0. The van der Waals surface area contributed by atoms with Gasteiger partial charge in [-0.3, -0.25) is 4.79 Å². The van der Waals surface area contributed by atoms with E-state index in [4.69, 9.17) is 19.3 Å². The SMILES string of the molecule is CCCC(=O)OCCOCCO.CCOCC. The molecule has 0 aromatic heterocycles. The Morgan fingerprint density at radius 3 is 2.06 bits per heavy atom. The van der Waals surface area contributed by atoms with Crippen molar-refractivity contribution in [3.05, 3.63) is 0 Å². The van der Waals surface area contributed by atoms with E-state index >= 15 is 0 Å². The molecule has 0 aromatic rings. The van der Waals surface area contributed by atoms with Gasteiger partial charge in [0.1, 0.15) is 6.61 Å². The first kappa shape index (κ1) is 18.7. The number of aliphatic hydroxyl groups is 1. The summed E-state index contributed by atoms with van der Waals surface area (Å²) in [6.07, 6.45) is 1.26. The van der Waals surface area contributed by atoms with Crippen LogP contribution in [0.3, 0.4) is 0 Å². The predicted molar refractivity (Wildman–Crippen MR) is 65.9 cm³/mol. The third-order valence-electron chi connectivity index (χ3n) is 1.59. The van der Waals surface area contributed by atoms with Crippen LogP contribution in [0.25, 0.3) is 0 Å². The van der Waals surface area contributed by atoms with Gasteiger partial charge in [0.25, 0.3) is 0 Å². The van der Waals surface area contributed by atoms with E-state index in [1.807, 2.05) is 20.8 Å². The summed E-state index contributed by atoms with van der Waals surface area (Å²) in [6, 6.07) is 0. The Kier molecular flexibility index (Phi) is 19.5. The minimum atomic E-state index is -0.190. The number of carbonyl (C=O) groups excluding carboxylic acids is 1. The summed E-state index contributed by atoms with van der Waals surface area (Å²) in [5.74, 6) is -0.190. The fraction of sp³-hybridized carbons (Fsp3) is 0.917. The molecule has 0 aliphatic rings. The minimum absolute atomic E-state index is 0.00288. The van der Waals surface area contributed by atoms with Crippen molar-refractivity contribution in [2.75, 3.05) is 39.6 Å². The number of hydrogen-bond acceptors (Lipinski definition) is 5. The maximum absolute atomic E-state index is 10.7. The lowest BCUT2D eigenvalue weighted by molar-refractivity contribution is -0.145. The molecular weight excluding hydrogens is 224 g/mol. The molecule has 0 unspecified atom stereocenters. The monoisotopic (exact) mass is 250 g/mol. The summed E-state index contributed by atoms with van der Waals surface area (Å²) in [4.78, 5) is 10.7. The molecule has 1 N–H and O–H groups in total. The molecule has 0 aliphatic heterocycles. The number of hydrogen-bond donors (Lipinski definition) is 1. The highest BCUT2D eigenvalue weighted by Crippen LogP contribution is 1.90. The van der Waals surface area contributed by atoms with Crippen molar-refractivity contribution in [2.45, 2.75) is 33.6 Å². The third-order valence-corrected chi connectivity index (χ3v) is 1.59. The van der Waals surface area contributed by atoms with Gasteiger partial charge in [-0.15, -0.1) is 0 Å². The van der Waals surface area contributed by atoms with Crippen molar-refractivity contribution in [3.8, 4) is 0 Å². The highest BCUT2D eigenvalue weighted by Gasteiger charge is 1.98. The molecule has 104 valence electrons. The molecular formula is C12H26O5. The Hall–Kier alpha value is -0.650. The van der Waals surface area contributed by atoms with Crippen LogP contribution in [0.15, 0.2) is 0 Å². The minimum Gasteiger partial charge on any atom is -0.463 e. The lowest BCUT2D eigenvalue weighted by Crippen LogP contribution is -2.11. The highest BCUT2D eigenvalue weighted by atomic mass is 16.6.